The van der Waals surface area contributed by atoms with Crippen molar-refractivity contribution in [1.29, 1.82) is 0 Å². The molecule has 6 nitrogen and oxygen atoms in total. The highest BCUT2D eigenvalue weighted by atomic mass is 31.2. The maximum Gasteiger partial charge on any atom is 0.268 e. The molecule has 3 saturated carbocycles. The number of hydrogen-bond donors (Lipinski definition) is 0. The fraction of sp³-hybridized carbons (Fsp3) is 0.875. The molecule has 0 aromatic carbocycles. The van der Waals surface area contributed by atoms with Crippen LogP contribution in [0.15, 0.2) is 11.6 Å². The molecule has 0 saturated heterocycles. The van der Waals surface area contributed by atoms with Crippen LogP contribution in [0, 0.1) is 28.6 Å². The topological polar surface area (TPSA) is 75.7 Å². The van der Waals surface area contributed by atoms with Crippen LogP contribution in [0.4, 0.5) is 0 Å². The molecule has 0 amide bonds. The average Bonchev–Trinajstić information content (AvgIpc) is 2.95. The number of carbonyl (C=O) groups excluding carboxylic acids is 1. The number of allylic oxidation sites excluding steroid dienone is 1. The Bertz CT molecular complexity index is 804. The normalized spacial score (nSPS) is 42.3. The van der Waals surface area contributed by atoms with Gasteiger partial charge in [-0.1, -0.05) is 25.5 Å². The SMILES string of the molecule is C[C@]12CC[C@H](OP(=O)([O-])OCC[N+](C)(C)C)CC1=CC[C@@H]1[C@@H]2CC[C@]2(C)C(=O)CC[C@@H]12. The molecule has 4 rings (SSSR count). The van der Waals surface area contributed by atoms with E-state index in [0.29, 0.717) is 41.0 Å². The molecule has 3 fully saturated rings. The predicted molar refractivity (Wildman–Crippen MR) is 118 cm³/mol. The van der Waals surface area contributed by atoms with Gasteiger partial charge in [-0.25, -0.2) is 0 Å². The third kappa shape index (κ3) is 4.48. The van der Waals surface area contributed by atoms with Gasteiger partial charge in [0.2, 0.25) is 0 Å². The molecule has 176 valence electrons. The van der Waals surface area contributed by atoms with E-state index >= 15 is 0 Å². The highest BCUT2D eigenvalue weighted by Crippen LogP contribution is 2.64. The summed E-state index contributed by atoms with van der Waals surface area (Å²) in [6.45, 7) is 5.33. The summed E-state index contributed by atoms with van der Waals surface area (Å²) in [5.41, 5.74) is 1.36. The highest BCUT2D eigenvalue weighted by molar-refractivity contribution is 7.45. The van der Waals surface area contributed by atoms with Crippen LogP contribution in [0.2, 0.25) is 0 Å². The van der Waals surface area contributed by atoms with Crippen molar-refractivity contribution in [2.24, 2.45) is 28.6 Å². The lowest BCUT2D eigenvalue weighted by molar-refractivity contribution is -0.870. The number of ketones is 1. The first-order valence-corrected chi connectivity index (χ1v) is 13.5. The number of quaternary nitrogens is 1. The number of rotatable bonds is 6. The molecule has 0 heterocycles. The van der Waals surface area contributed by atoms with Gasteiger partial charge >= 0.3 is 0 Å². The highest BCUT2D eigenvalue weighted by Gasteiger charge is 2.58. The Morgan fingerprint density at radius 1 is 1.13 bits per heavy atom. The number of fused-ring (bicyclic) bond motifs is 5. The van der Waals surface area contributed by atoms with Gasteiger partial charge in [-0.05, 0) is 68.1 Å². The van der Waals surface area contributed by atoms with E-state index in [1.165, 1.54) is 5.57 Å². The largest absolute Gasteiger partial charge is 0.756 e. The van der Waals surface area contributed by atoms with Crippen LogP contribution in [-0.2, 0) is 18.4 Å². The Balaban J connectivity index is 1.42. The Morgan fingerprint density at radius 2 is 1.81 bits per heavy atom. The van der Waals surface area contributed by atoms with E-state index < -0.39 is 7.82 Å². The number of carbonyl (C=O) groups is 1. The molecule has 0 N–H and O–H groups in total. The van der Waals surface area contributed by atoms with Crippen LogP contribution in [0.3, 0.4) is 0 Å². The summed E-state index contributed by atoms with van der Waals surface area (Å²) in [7, 11) is 1.70. The van der Waals surface area contributed by atoms with Gasteiger partial charge in [-0.3, -0.25) is 9.36 Å². The third-order valence-corrected chi connectivity index (χ3v) is 10.1. The van der Waals surface area contributed by atoms with E-state index in [1.54, 1.807) is 0 Å². The molecule has 0 aromatic rings. The first-order chi connectivity index (χ1) is 14.3. The van der Waals surface area contributed by atoms with E-state index in [9.17, 15) is 14.3 Å². The number of hydrogen-bond acceptors (Lipinski definition) is 5. The summed E-state index contributed by atoms with van der Waals surface area (Å²) in [4.78, 5) is 24.9. The summed E-state index contributed by atoms with van der Waals surface area (Å²) in [5.74, 6) is 2.17. The minimum atomic E-state index is -4.30. The second kappa shape index (κ2) is 8.06. The van der Waals surface area contributed by atoms with Crippen molar-refractivity contribution in [3.8, 4) is 0 Å². The summed E-state index contributed by atoms with van der Waals surface area (Å²) in [6.07, 6.45) is 9.32. The lowest BCUT2D eigenvalue weighted by Crippen LogP contribution is -2.50. The van der Waals surface area contributed by atoms with E-state index in [2.05, 4.69) is 19.9 Å². The first-order valence-electron chi connectivity index (χ1n) is 12.0. The van der Waals surface area contributed by atoms with Crippen molar-refractivity contribution in [3.63, 3.8) is 0 Å². The van der Waals surface area contributed by atoms with Crippen LogP contribution < -0.4 is 4.89 Å². The predicted octanol–water partition coefficient (Wildman–Crippen LogP) is 4.09. The van der Waals surface area contributed by atoms with Crippen molar-refractivity contribution in [2.75, 3.05) is 34.3 Å². The van der Waals surface area contributed by atoms with Gasteiger partial charge in [0, 0.05) is 11.8 Å². The van der Waals surface area contributed by atoms with Crippen molar-refractivity contribution >= 4 is 13.6 Å². The van der Waals surface area contributed by atoms with Crippen LogP contribution in [0.25, 0.3) is 0 Å². The molecule has 4 aliphatic rings. The summed E-state index contributed by atoms with van der Waals surface area (Å²) in [6, 6.07) is 0. The monoisotopic (exact) mass is 453 g/mol. The zero-order valence-corrected chi connectivity index (χ0v) is 20.8. The van der Waals surface area contributed by atoms with Crippen LogP contribution in [0.1, 0.15) is 65.2 Å². The van der Waals surface area contributed by atoms with Crippen molar-refractivity contribution in [2.45, 2.75) is 71.3 Å². The van der Waals surface area contributed by atoms with Gasteiger partial charge in [0.05, 0.1) is 27.2 Å². The van der Waals surface area contributed by atoms with Crippen molar-refractivity contribution in [3.05, 3.63) is 11.6 Å². The van der Waals surface area contributed by atoms with Gasteiger partial charge in [-0.15, -0.1) is 0 Å². The molecule has 0 aliphatic heterocycles. The quantitative estimate of drug-likeness (QED) is 0.344. The molecule has 7 atom stereocenters. The molecule has 0 radical (unpaired) electrons. The Hall–Kier alpha value is -0.520. The molecule has 4 aliphatic carbocycles. The van der Waals surface area contributed by atoms with Crippen molar-refractivity contribution < 1.29 is 27.8 Å². The lowest BCUT2D eigenvalue weighted by atomic mass is 9.48. The molecule has 1 unspecified atom stereocenters. The number of likely N-dealkylation sites (N-methyl/N-ethyl adjacent to an activating group) is 1. The van der Waals surface area contributed by atoms with E-state index in [4.69, 9.17) is 9.05 Å². The van der Waals surface area contributed by atoms with Gasteiger partial charge in [0.15, 0.2) is 0 Å². The Morgan fingerprint density at radius 3 is 2.52 bits per heavy atom. The molecule has 0 aromatic heterocycles. The van der Waals surface area contributed by atoms with E-state index in [0.717, 1.165) is 44.9 Å². The van der Waals surface area contributed by atoms with E-state index in [1.807, 2.05) is 21.1 Å². The number of phosphoric acid groups is 1. The smallest absolute Gasteiger partial charge is 0.268 e. The number of phosphoric ester groups is 1. The second-order valence-corrected chi connectivity index (χ2v) is 13.3. The van der Waals surface area contributed by atoms with Crippen LogP contribution in [0.5, 0.6) is 0 Å². The van der Waals surface area contributed by atoms with Crippen LogP contribution in [-0.4, -0.2) is 50.7 Å². The maximum absolute atomic E-state index is 12.6. The lowest BCUT2D eigenvalue weighted by Gasteiger charge is -2.57. The molecular formula is C24H40NO5P. The first kappa shape index (κ1) is 23.6. The Kier molecular flexibility index (Phi) is 6.14. The maximum atomic E-state index is 12.6. The summed E-state index contributed by atoms with van der Waals surface area (Å²) < 4.78 is 23.7. The number of Topliss-reactive ketones (excluding diaryl/α,β-unsaturated/α-hetero) is 1. The summed E-state index contributed by atoms with van der Waals surface area (Å²) in [5, 5.41) is 0. The number of nitrogens with zero attached hydrogens (tertiary/aromatic N) is 1. The molecular weight excluding hydrogens is 413 g/mol. The van der Waals surface area contributed by atoms with Gasteiger partial charge < -0.3 is 18.4 Å². The average molecular weight is 454 g/mol. The van der Waals surface area contributed by atoms with Crippen LogP contribution >= 0.6 is 7.82 Å². The van der Waals surface area contributed by atoms with E-state index in [-0.39, 0.29) is 23.5 Å². The van der Waals surface area contributed by atoms with Crippen molar-refractivity contribution in [1.82, 2.24) is 0 Å². The summed E-state index contributed by atoms with van der Waals surface area (Å²) >= 11 is 0. The molecule has 0 bridgehead atoms. The molecule has 7 heteroatoms. The Labute approximate surface area is 187 Å². The fourth-order valence-electron chi connectivity index (χ4n) is 7.13. The zero-order valence-electron chi connectivity index (χ0n) is 19.9. The third-order valence-electron chi connectivity index (χ3n) is 9.06. The molecule has 0 spiro atoms. The van der Waals surface area contributed by atoms with Gasteiger partial charge in [0.1, 0.15) is 18.9 Å². The second-order valence-electron chi connectivity index (χ2n) is 11.9. The van der Waals surface area contributed by atoms with Gasteiger partial charge in [-0.2, -0.15) is 0 Å². The zero-order chi connectivity index (χ0) is 22.7. The fourth-order valence-corrected chi connectivity index (χ4v) is 8.04. The minimum Gasteiger partial charge on any atom is -0.756 e. The molecule has 31 heavy (non-hydrogen) atoms. The van der Waals surface area contributed by atoms with Gasteiger partial charge in [0.25, 0.3) is 7.82 Å². The standard InChI is InChI=1S/C24H40NO5P/c1-23-12-10-18(30-31(27,28)29-15-14-25(3,4)5)16-17(23)6-7-19-20-8-9-22(26)24(20,2)13-11-21(19)23/h6,18-21H,7-16H2,1-5H3/t18-,19-,20-,21-,23-,24-/m0/s1. The minimum absolute atomic E-state index is 0.104.